The van der Waals surface area contributed by atoms with Gasteiger partial charge in [-0.2, -0.15) is 5.10 Å². The maximum atomic E-state index is 6.05. The SMILES string of the molecule is CCc1nn(CC)c(CN[C@H](C)c2cccc(Cl)c2)c1Br. The summed E-state index contributed by atoms with van der Waals surface area (Å²) in [6, 6.07) is 8.21. The largest absolute Gasteiger partial charge is 0.305 e. The van der Waals surface area contributed by atoms with Crippen LogP contribution in [0.2, 0.25) is 5.02 Å². The van der Waals surface area contributed by atoms with Crippen LogP contribution < -0.4 is 5.32 Å². The highest BCUT2D eigenvalue weighted by Crippen LogP contribution is 2.23. The summed E-state index contributed by atoms with van der Waals surface area (Å²) in [6.07, 6.45) is 0.935. The molecule has 0 radical (unpaired) electrons. The molecule has 0 aliphatic heterocycles. The lowest BCUT2D eigenvalue weighted by molar-refractivity contribution is 0.529. The lowest BCUT2D eigenvalue weighted by Gasteiger charge is -2.15. The Morgan fingerprint density at radius 1 is 1.38 bits per heavy atom. The lowest BCUT2D eigenvalue weighted by atomic mass is 10.1. The number of aromatic nitrogens is 2. The molecule has 2 rings (SSSR count). The van der Waals surface area contributed by atoms with Crippen LogP contribution >= 0.6 is 27.5 Å². The topological polar surface area (TPSA) is 29.9 Å². The highest BCUT2D eigenvalue weighted by molar-refractivity contribution is 9.10. The molecule has 0 unspecified atom stereocenters. The number of halogens is 2. The van der Waals surface area contributed by atoms with E-state index in [0.717, 1.165) is 34.7 Å². The zero-order valence-electron chi connectivity index (χ0n) is 12.7. The summed E-state index contributed by atoms with van der Waals surface area (Å²) < 4.78 is 3.18. The van der Waals surface area contributed by atoms with Crippen molar-refractivity contribution in [2.45, 2.75) is 46.3 Å². The van der Waals surface area contributed by atoms with E-state index in [1.165, 1.54) is 11.3 Å². The first-order valence-corrected chi connectivity index (χ1v) is 8.46. The molecule has 0 aliphatic rings. The van der Waals surface area contributed by atoms with Crippen molar-refractivity contribution in [3.63, 3.8) is 0 Å². The first-order chi connectivity index (χ1) is 10.1. The van der Waals surface area contributed by atoms with Gasteiger partial charge >= 0.3 is 0 Å². The molecule has 1 N–H and O–H groups in total. The Kier molecular flexibility index (Phi) is 5.85. The van der Waals surface area contributed by atoms with E-state index in [2.05, 4.69) is 57.9 Å². The van der Waals surface area contributed by atoms with E-state index in [1.807, 2.05) is 18.2 Å². The monoisotopic (exact) mass is 369 g/mol. The van der Waals surface area contributed by atoms with E-state index in [0.29, 0.717) is 0 Å². The van der Waals surface area contributed by atoms with Crippen molar-refractivity contribution >= 4 is 27.5 Å². The van der Waals surface area contributed by atoms with Gasteiger partial charge in [0.1, 0.15) is 0 Å². The summed E-state index contributed by atoms with van der Waals surface area (Å²) >= 11 is 9.73. The van der Waals surface area contributed by atoms with E-state index in [-0.39, 0.29) is 6.04 Å². The maximum Gasteiger partial charge on any atom is 0.0767 e. The molecule has 0 aliphatic carbocycles. The number of benzene rings is 1. The second kappa shape index (κ2) is 7.43. The third-order valence-corrected chi connectivity index (χ3v) is 4.77. The molecule has 1 heterocycles. The van der Waals surface area contributed by atoms with Gasteiger partial charge in [-0.3, -0.25) is 4.68 Å². The van der Waals surface area contributed by atoms with E-state index >= 15 is 0 Å². The minimum absolute atomic E-state index is 0.237. The Hall–Kier alpha value is -0.840. The molecule has 0 bridgehead atoms. The van der Waals surface area contributed by atoms with Crippen LogP contribution in [-0.2, 0) is 19.5 Å². The van der Waals surface area contributed by atoms with Gasteiger partial charge in [-0.05, 0) is 53.9 Å². The minimum Gasteiger partial charge on any atom is -0.305 e. The van der Waals surface area contributed by atoms with Gasteiger partial charge in [0, 0.05) is 24.2 Å². The smallest absolute Gasteiger partial charge is 0.0767 e. The van der Waals surface area contributed by atoms with Crippen LogP contribution in [-0.4, -0.2) is 9.78 Å². The van der Waals surface area contributed by atoms with Crippen LogP contribution in [0.3, 0.4) is 0 Å². The third kappa shape index (κ3) is 3.87. The zero-order chi connectivity index (χ0) is 15.4. The van der Waals surface area contributed by atoms with Gasteiger partial charge in [0.25, 0.3) is 0 Å². The first kappa shape index (κ1) is 16.5. The molecule has 1 aromatic heterocycles. The molecule has 0 amide bonds. The molecule has 114 valence electrons. The molecule has 2 aromatic rings. The van der Waals surface area contributed by atoms with Crippen molar-refractivity contribution in [1.82, 2.24) is 15.1 Å². The molecule has 0 saturated heterocycles. The first-order valence-electron chi connectivity index (χ1n) is 7.29. The lowest BCUT2D eigenvalue weighted by Crippen LogP contribution is -2.20. The molecule has 3 nitrogen and oxygen atoms in total. The van der Waals surface area contributed by atoms with Crippen LogP contribution in [0.5, 0.6) is 0 Å². The fourth-order valence-electron chi connectivity index (χ4n) is 2.33. The van der Waals surface area contributed by atoms with E-state index < -0.39 is 0 Å². The second-order valence-corrected chi connectivity index (χ2v) is 6.26. The van der Waals surface area contributed by atoms with Crippen LogP contribution in [0.25, 0.3) is 0 Å². The molecule has 1 atom stereocenters. The Morgan fingerprint density at radius 3 is 2.76 bits per heavy atom. The Labute approximate surface area is 139 Å². The fraction of sp³-hybridized carbons (Fsp3) is 0.438. The van der Waals surface area contributed by atoms with Gasteiger partial charge in [0.15, 0.2) is 0 Å². The molecule has 5 heteroatoms. The highest BCUT2D eigenvalue weighted by Gasteiger charge is 2.14. The minimum atomic E-state index is 0.237. The molecular weight excluding hydrogens is 350 g/mol. The van der Waals surface area contributed by atoms with Crippen LogP contribution in [0.4, 0.5) is 0 Å². The van der Waals surface area contributed by atoms with Crippen molar-refractivity contribution in [3.05, 3.63) is 50.7 Å². The Balaban J connectivity index is 2.11. The van der Waals surface area contributed by atoms with Crippen LogP contribution in [0.15, 0.2) is 28.7 Å². The molecule has 0 spiro atoms. The fourth-order valence-corrected chi connectivity index (χ4v) is 3.23. The van der Waals surface area contributed by atoms with Crippen molar-refractivity contribution in [1.29, 1.82) is 0 Å². The number of nitrogens with zero attached hydrogens (tertiary/aromatic N) is 2. The van der Waals surface area contributed by atoms with Gasteiger partial charge < -0.3 is 5.32 Å². The zero-order valence-corrected chi connectivity index (χ0v) is 15.0. The highest BCUT2D eigenvalue weighted by atomic mass is 79.9. The van der Waals surface area contributed by atoms with Crippen molar-refractivity contribution in [2.75, 3.05) is 0 Å². The van der Waals surface area contributed by atoms with Crippen LogP contribution in [0, 0.1) is 0 Å². The number of hydrogen-bond acceptors (Lipinski definition) is 2. The predicted octanol–water partition coefficient (Wildman–Crippen LogP) is 4.73. The van der Waals surface area contributed by atoms with Crippen molar-refractivity contribution < 1.29 is 0 Å². The van der Waals surface area contributed by atoms with Gasteiger partial charge in [-0.1, -0.05) is 30.7 Å². The van der Waals surface area contributed by atoms with Crippen LogP contribution in [0.1, 0.15) is 43.8 Å². The second-order valence-electron chi connectivity index (χ2n) is 5.03. The van der Waals surface area contributed by atoms with Gasteiger partial charge in [-0.25, -0.2) is 0 Å². The molecule has 21 heavy (non-hydrogen) atoms. The molecule has 1 aromatic carbocycles. The Morgan fingerprint density at radius 2 is 2.14 bits per heavy atom. The Bertz CT molecular complexity index is 610. The third-order valence-electron chi connectivity index (χ3n) is 3.62. The number of nitrogens with one attached hydrogen (secondary N) is 1. The molecular formula is C16H21BrClN3. The van der Waals surface area contributed by atoms with E-state index in [4.69, 9.17) is 11.6 Å². The number of aryl methyl sites for hydroxylation is 2. The number of rotatable bonds is 6. The molecule has 0 saturated carbocycles. The average Bonchev–Trinajstić information content (AvgIpc) is 2.80. The van der Waals surface area contributed by atoms with E-state index in [9.17, 15) is 0 Å². The quantitative estimate of drug-likeness (QED) is 0.796. The summed E-state index contributed by atoms with van der Waals surface area (Å²) in [5.74, 6) is 0. The van der Waals surface area contributed by atoms with Gasteiger partial charge in [0.2, 0.25) is 0 Å². The number of hydrogen-bond donors (Lipinski definition) is 1. The molecule has 0 fully saturated rings. The summed E-state index contributed by atoms with van der Waals surface area (Å²) in [7, 11) is 0. The summed E-state index contributed by atoms with van der Waals surface area (Å²) in [4.78, 5) is 0. The summed E-state index contributed by atoms with van der Waals surface area (Å²) in [5.41, 5.74) is 3.50. The maximum absolute atomic E-state index is 6.05. The summed E-state index contributed by atoms with van der Waals surface area (Å²) in [6.45, 7) is 8.03. The van der Waals surface area contributed by atoms with Gasteiger partial charge in [-0.15, -0.1) is 0 Å². The standard InChI is InChI=1S/C16H21BrClN3/c1-4-14-16(17)15(21(5-2)20-14)10-19-11(3)12-7-6-8-13(18)9-12/h6-9,11,19H,4-5,10H2,1-3H3/t11-/m1/s1. The normalized spacial score (nSPS) is 12.6. The predicted molar refractivity (Wildman–Crippen MR) is 91.7 cm³/mol. The van der Waals surface area contributed by atoms with Crippen molar-refractivity contribution in [2.24, 2.45) is 0 Å². The van der Waals surface area contributed by atoms with Gasteiger partial charge in [0.05, 0.1) is 15.9 Å². The average molecular weight is 371 g/mol. The summed E-state index contributed by atoms with van der Waals surface area (Å²) in [5, 5.41) is 8.94. The van der Waals surface area contributed by atoms with E-state index in [1.54, 1.807) is 0 Å². The van der Waals surface area contributed by atoms with Crippen molar-refractivity contribution in [3.8, 4) is 0 Å².